The zero-order chi connectivity index (χ0) is 15.5. The molecule has 2 heterocycles. The van der Waals surface area contributed by atoms with Crippen LogP contribution in [-0.4, -0.2) is 16.5 Å². The van der Waals surface area contributed by atoms with Crippen LogP contribution in [0.3, 0.4) is 0 Å². The van der Waals surface area contributed by atoms with Crippen LogP contribution in [0.4, 0.5) is 0 Å². The van der Waals surface area contributed by atoms with E-state index in [1.165, 1.54) is 5.56 Å². The molecule has 1 aromatic carbocycles. The molecule has 0 aliphatic rings. The molecule has 0 fully saturated rings. The Morgan fingerprint density at radius 3 is 2.59 bits per heavy atom. The molecular formula is C17H17Cl2N3. The van der Waals surface area contributed by atoms with Gasteiger partial charge >= 0.3 is 0 Å². The van der Waals surface area contributed by atoms with Crippen LogP contribution in [0, 0.1) is 0 Å². The summed E-state index contributed by atoms with van der Waals surface area (Å²) in [6.45, 7) is 0.703. The van der Waals surface area contributed by atoms with Crippen LogP contribution in [0.2, 0.25) is 10.0 Å². The number of rotatable bonds is 5. The third kappa shape index (κ3) is 2.98. The molecule has 0 amide bonds. The van der Waals surface area contributed by atoms with Crippen LogP contribution in [0.25, 0.3) is 22.2 Å². The Bertz CT molecular complexity index is 781. The quantitative estimate of drug-likeness (QED) is 0.657. The number of aryl methyl sites for hydroxylation is 1. The Kier molecular flexibility index (Phi) is 4.67. The molecule has 0 spiro atoms. The number of pyridine rings is 1. The minimum Gasteiger partial charge on any atom is -0.353 e. The van der Waals surface area contributed by atoms with E-state index in [9.17, 15) is 0 Å². The van der Waals surface area contributed by atoms with E-state index in [1.54, 1.807) is 18.5 Å². The average molecular weight is 334 g/mol. The van der Waals surface area contributed by atoms with Crippen LogP contribution in [0.5, 0.6) is 0 Å². The highest BCUT2D eigenvalue weighted by atomic mass is 35.5. The second-order valence-corrected chi connectivity index (χ2v) is 6.11. The number of H-pyrrole nitrogens is 1. The zero-order valence-corrected chi connectivity index (χ0v) is 13.6. The minimum atomic E-state index is 0.642. The Balaban J connectivity index is 2.17. The third-order valence-electron chi connectivity index (χ3n) is 3.78. The first-order valence-electron chi connectivity index (χ1n) is 7.30. The highest BCUT2D eigenvalue weighted by Crippen LogP contribution is 2.36. The number of nitrogens with one attached hydrogen (secondary N) is 1. The van der Waals surface area contributed by atoms with Gasteiger partial charge in [0, 0.05) is 34.1 Å². The lowest BCUT2D eigenvalue weighted by Gasteiger charge is -2.05. The molecule has 0 aliphatic carbocycles. The summed E-state index contributed by atoms with van der Waals surface area (Å²) in [7, 11) is 0. The fourth-order valence-corrected chi connectivity index (χ4v) is 3.29. The SMILES string of the molecule is NCCCCc1c(-c2ccncc2)[nH]c2c(Cl)cc(Cl)cc12. The first-order valence-corrected chi connectivity index (χ1v) is 8.06. The number of fused-ring (bicyclic) bond motifs is 1. The minimum absolute atomic E-state index is 0.642. The van der Waals surface area contributed by atoms with Gasteiger partial charge in [0.2, 0.25) is 0 Å². The van der Waals surface area contributed by atoms with Crippen molar-refractivity contribution in [2.75, 3.05) is 6.54 Å². The topological polar surface area (TPSA) is 54.7 Å². The summed E-state index contributed by atoms with van der Waals surface area (Å²) in [6, 6.07) is 7.73. The summed E-state index contributed by atoms with van der Waals surface area (Å²) in [6.07, 6.45) is 6.55. The summed E-state index contributed by atoms with van der Waals surface area (Å²) < 4.78 is 0. The number of unbranched alkanes of at least 4 members (excludes halogenated alkanes) is 1. The van der Waals surface area contributed by atoms with Crippen molar-refractivity contribution in [2.24, 2.45) is 5.73 Å². The molecule has 2 aromatic heterocycles. The molecule has 114 valence electrons. The fraction of sp³-hybridized carbons (Fsp3) is 0.235. The maximum Gasteiger partial charge on any atom is 0.0662 e. The van der Waals surface area contributed by atoms with Gasteiger partial charge in [-0.25, -0.2) is 0 Å². The first kappa shape index (κ1) is 15.3. The van der Waals surface area contributed by atoms with Gasteiger partial charge in [-0.2, -0.15) is 0 Å². The fourth-order valence-electron chi connectivity index (χ4n) is 2.74. The predicted molar refractivity (Wildman–Crippen MR) is 93.5 cm³/mol. The molecular weight excluding hydrogens is 317 g/mol. The molecule has 22 heavy (non-hydrogen) atoms. The van der Waals surface area contributed by atoms with E-state index in [4.69, 9.17) is 28.9 Å². The second-order valence-electron chi connectivity index (χ2n) is 5.27. The number of benzene rings is 1. The summed E-state index contributed by atoms with van der Waals surface area (Å²) in [5.74, 6) is 0. The monoisotopic (exact) mass is 333 g/mol. The van der Waals surface area contributed by atoms with E-state index in [1.807, 2.05) is 18.2 Å². The first-order chi connectivity index (χ1) is 10.7. The lowest BCUT2D eigenvalue weighted by molar-refractivity contribution is 0.748. The number of hydrogen-bond acceptors (Lipinski definition) is 2. The van der Waals surface area contributed by atoms with Crippen molar-refractivity contribution in [1.82, 2.24) is 9.97 Å². The molecule has 0 saturated heterocycles. The normalized spacial score (nSPS) is 11.2. The molecule has 0 atom stereocenters. The van der Waals surface area contributed by atoms with Crippen LogP contribution in [-0.2, 0) is 6.42 Å². The van der Waals surface area contributed by atoms with E-state index < -0.39 is 0 Å². The van der Waals surface area contributed by atoms with Crippen molar-refractivity contribution in [1.29, 1.82) is 0 Å². The van der Waals surface area contributed by atoms with Crippen LogP contribution in [0.15, 0.2) is 36.7 Å². The van der Waals surface area contributed by atoms with Crippen molar-refractivity contribution in [3.05, 3.63) is 52.3 Å². The third-order valence-corrected chi connectivity index (χ3v) is 4.30. The average Bonchev–Trinajstić information content (AvgIpc) is 2.88. The van der Waals surface area contributed by atoms with Crippen LogP contribution >= 0.6 is 23.2 Å². The van der Waals surface area contributed by atoms with Crippen molar-refractivity contribution in [3.63, 3.8) is 0 Å². The number of nitrogens with zero attached hydrogens (tertiary/aromatic N) is 1. The van der Waals surface area contributed by atoms with Gasteiger partial charge in [0.15, 0.2) is 0 Å². The maximum absolute atomic E-state index is 6.35. The molecule has 3 N–H and O–H groups in total. The summed E-state index contributed by atoms with van der Waals surface area (Å²) in [4.78, 5) is 7.54. The highest BCUT2D eigenvalue weighted by Gasteiger charge is 2.15. The standard InChI is InChI=1S/C17H17Cl2N3/c18-12-9-14-13(3-1-2-6-20)16(11-4-7-21-8-5-11)22-17(14)15(19)10-12/h4-5,7-10,22H,1-3,6,20H2. The van der Waals surface area contributed by atoms with E-state index >= 15 is 0 Å². The smallest absolute Gasteiger partial charge is 0.0662 e. The number of nitrogens with two attached hydrogens (primary N) is 1. The molecule has 0 aliphatic heterocycles. The number of aromatic nitrogens is 2. The van der Waals surface area contributed by atoms with Gasteiger partial charge in [-0.05, 0) is 55.6 Å². The molecule has 5 heteroatoms. The predicted octanol–water partition coefficient (Wildman–Crippen LogP) is 4.82. The lowest BCUT2D eigenvalue weighted by Crippen LogP contribution is -1.99. The molecule has 3 rings (SSSR count). The van der Waals surface area contributed by atoms with E-state index in [-0.39, 0.29) is 0 Å². The van der Waals surface area contributed by atoms with E-state index in [2.05, 4.69) is 9.97 Å². The summed E-state index contributed by atoms with van der Waals surface area (Å²) >= 11 is 12.5. The van der Waals surface area contributed by atoms with Crippen molar-refractivity contribution in [3.8, 4) is 11.3 Å². The maximum atomic E-state index is 6.35. The Morgan fingerprint density at radius 1 is 1.09 bits per heavy atom. The lowest BCUT2D eigenvalue weighted by atomic mass is 10.0. The van der Waals surface area contributed by atoms with Gasteiger partial charge in [-0.15, -0.1) is 0 Å². The summed E-state index contributed by atoms with van der Waals surface area (Å²) in [5, 5.41) is 2.38. The number of aromatic amines is 1. The molecule has 0 radical (unpaired) electrons. The Morgan fingerprint density at radius 2 is 1.86 bits per heavy atom. The molecule has 0 bridgehead atoms. The summed E-state index contributed by atoms with van der Waals surface area (Å²) in [5.41, 5.74) is 9.97. The van der Waals surface area contributed by atoms with Crippen LogP contribution in [0.1, 0.15) is 18.4 Å². The largest absolute Gasteiger partial charge is 0.353 e. The van der Waals surface area contributed by atoms with Crippen molar-refractivity contribution < 1.29 is 0 Å². The Hall–Kier alpha value is -1.55. The van der Waals surface area contributed by atoms with Gasteiger partial charge in [0.05, 0.1) is 10.5 Å². The van der Waals surface area contributed by atoms with Crippen molar-refractivity contribution >= 4 is 34.1 Å². The zero-order valence-electron chi connectivity index (χ0n) is 12.1. The molecule has 3 aromatic rings. The Labute approximate surface area is 139 Å². The van der Waals surface area contributed by atoms with Gasteiger partial charge in [-0.1, -0.05) is 23.2 Å². The number of halogens is 2. The number of hydrogen-bond donors (Lipinski definition) is 2. The van der Waals surface area contributed by atoms with Gasteiger partial charge in [-0.3, -0.25) is 4.98 Å². The van der Waals surface area contributed by atoms with Gasteiger partial charge in [0.25, 0.3) is 0 Å². The highest BCUT2D eigenvalue weighted by molar-refractivity contribution is 6.38. The van der Waals surface area contributed by atoms with Crippen LogP contribution < -0.4 is 5.73 Å². The molecule has 3 nitrogen and oxygen atoms in total. The van der Waals surface area contributed by atoms with Crippen molar-refractivity contribution in [2.45, 2.75) is 19.3 Å². The van der Waals surface area contributed by atoms with E-state index in [0.717, 1.165) is 41.4 Å². The molecule has 0 saturated carbocycles. The van der Waals surface area contributed by atoms with Gasteiger partial charge < -0.3 is 10.7 Å². The molecule has 0 unspecified atom stereocenters. The second kappa shape index (κ2) is 6.69. The van der Waals surface area contributed by atoms with E-state index in [0.29, 0.717) is 16.6 Å². The van der Waals surface area contributed by atoms with Gasteiger partial charge in [0.1, 0.15) is 0 Å².